The van der Waals surface area contributed by atoms with Gasteiger partial charge >= 0.3 is 0 Å². The maximum absolute atomic E-state index is 9.81. The van der Waals surface area contributed by atoms with Crippen molar-refractivity contribution in [3.05, 3.63) is 52.2 Å². The summed E-state index contributed by atoms with van der Waals surface area (Å²) in [5.41, 5.74) is 0.751. The van der Waals surface area contributed by atoms with E-state index in [1.165, 1.54) is 4.88 Å². The molecule has 1 atom stereocenters. The molecule has 0 radical (unpaired) electrons. The van der Waals surface area contributed by atoms with Gasteiger partial charge in [0.1, 0.15) is 5.75 Å². The summed E-state index contributed by atoms with van der Waals surface area (Å²) in [7, 11) is 1.67. The van der Waals surface area contributed by atoms with E-state index in [2.05, 4.69) is 18.4 Å². The molecule has 0 amide bonds. The first-order valence-corrected chi connectivity index (χ1v) is 6.84. The lowest BCUT2D eigenvalue weighted by atomic mass is 9.79. The van der Waals surface area contributed by atoms with Gasteiger partial charge in [0.05, 0.1) is 13.7 Å². The van der Waals surface area contributed by atoms with Crippen molar-refractivity contribution in [3.8, 4) is 5.75 Å². The normalized spacial score (nSPS) is 14.2. The Labute approximate surface area is 112 Å². The first-order valence-electron chi connectivity index (χ1n) is 5.96. The van der Waals surface area contributed by atoms with E-state index < -0.39 is 0 Å². The largest absolute Gasteiger partial charge is 0.496 e. The second-order valence-corrected chi connectivity index (χ2v) is 5.71. The Morgan fingerprint density at radius 1 is 1.22 bits per heavy atom. The van der Waals surface area contributed by atoms with Crippen LogP contribution in [0.2, 0.25) is 0 Å². The van der Waals surface area contributed by atoms with Crippen molar-refractivity contribution in [1.29, 1.82) is 0 Å². The van der Waals surface area contributed by atoms with Crippen LogP contribution in [0.5, 0.6) is 5.75 Å². The van der Waals surface area contributed by atoms with E-state index in [-0.39, 0.29) is 12.0 Å². The topological polar surface area (TPSA) is 29.5 Å². The van der Waals surface area contributed by atoms with Crippen LogP contribution < -0.4 is 4.74 Å². The lowest BCUT2D eigenvalue weighted by Gasteiger charge is -2.29. The van der Waals surface area contributed by atoms with E-state index in [1.54, 1.807) is 18.4 Å². The predicted molar refractivity (Wildman–Crippen MR) is 75.5 cm³/mol. The first-order chi connectivity index (χ1) is 8.69. The highest BCUT2D eigenvalue weighted by Gasteiger charge is 2.29. The van der Waals surface area contributed by atoms with Gasteiger partial charge in [0.25, 0.3) is 0 Å². The number of aliphatic hydroxyl groups excluding tert-OH is 1. The predicted octanol–water partition coefficient (Wildman–Crippen LogP) is 3.25. The van der Waals surface area contributed by atoms with Gasteiger partial charge in [-0.25, -0.2) is 0 Å². The van der Waals surface area contributed by atoms with Crippen LogP contribution in [-0.4, -0.2) is 18.8 Å². The molecule has 1 aromatic carbocycles. The summed E-state index contributed by atoms with van der Waals surface area (Å²) in [4.78, 5) is 1.28. The molecule has 0 saturated carbocycles. The van der Waals surface area contributed by atoms with Gasteiger partial charge in [-0.2, -0.15) is 0 Å². The summed E-state index contributed by atoms with van der Waals surface area (Å²) in [6.07, 6.45) is 0.821. The molecule has 0 spiro atoms. The van der Waals surface area contributed by atoms with Crippen LogP contribution in [0.15, 0.2) is 41.8 Å². The smallest absolute Gasteiger partial charge is 0.122 e. The quantitative estimate of drug-likeness (QED) is 0.896. The van der Waals surface area contributed by atoms with Crippen molar-refractivity contribution < 1.29 is 9.84 Å². The van der Waals surface area contributed by atoms with Crippen LogP contribution in [0, 0.1) is 0 Å². The van der Waals surface area contributed by atoms with E-state index in [1.807, 2.05) is 30.3 Å². The number of hydrogen-bond acceptors (Lipinski definition) is 3. The summed E-state index contributed by atoms with van der Waals surface area (Å²) in [6, 6.07) is 12.1. The van der Waals surface area contributed by atoms with E-state index in [4.69, 9.17) is 4.74 Å². The number of para-hydroxylation sites is 1. The van der Waals surface area contributed by atoms with Crippen molar-refractivity contribution in [1.82, 2.24) is 0 Å². The zero-order valence-corrected chi connectivity index (χ0v) is 11.5. The Bertz CT molecular complexity index is 493. The third-order valence-corrected chi connectivity index (χ3v) is 4.13. The average Bonchev–Trinajstić information content (AvgIpc) is 2.91. The van der Waals surface area contributed by atoms with Crippen molar-refractivity contribution in [2.24, 2.45) is 0 Å². The molecule has 0 saturated heterocycles. The molecule has 0 aliphatic heterocycles. The van der Waals surface area contributed by atoms with Crippen molar-refractivity contribution in [3.63, 3.8) is 0 Å². The van der Waals surface area contributed by atoms with Crippen LogP contribution in [0.4, 0.5) is 0 Å². The molecule has 18 heavy (non-hydrogen) atoms. The molecule has 1 unspecified atom stereocenters. The molecule has 3 heteroatoms. The fourth-order valence-electron chi connectivity index (χ4n) is 2.18. The van der Waals surface area contributed by atoms with Crippen LogP contribution in [-0.2, 0) is 11.8 Å². The lowest BCUT2D eigenvalue weighted by molar-refractivity contribution is 0.202. The second kappa shape index (κ2) is 5.55. The van der Waals surface area contributed by atoms with Gasteiger partial charge in [-0.1, -0.05) is 31.2 Å². The van der Waals surface area contributed by atoms with Gasteiger partial charge in [0.15, 0.2) is 0 Å². The third kappa shape index (κ3) is 2.57. The highest BCUT2D eigenvalue weighted by atomic mass is 32.1. The minimum absolute atomic E-state index is 0.102. The molecule has 1 aromatic heterocycles. The Hall–Kier alpha value is -1.32. The van der Waals surface area contributed by atoms with E-state index in [0.29, 0.717) is 0 Å². The SMILES string of the molecule is COc1ccccc1C(C)(CO)Cc1cccs1. The number of benzene rings is 1. The minimum Gasteiger partial charge on any atom is -0.496 e. The van der Waals surface area contributed by atoms with Gasteiger partial charge in [-0.15, -0.1) is 11.3 Å². The fraction of sp³-hybridized carbons (Fsp3) is 0.333. The van der Waals surface area contributed by atoms with Gasteiger partial charge in [0.2, 0.25) is 0 Å². The van der Waals surface area contributed by atoms with Crippen LogP contribution >= 0.6 is 11.3 Å². The Morgan fingerprint density at radius 2 is 2.00 bits per heavy atom. The number of hydrogen-bond donors (Lipinski definition) is 1. The summed E-state index contributed by atoms with van der Waals surface area (Å²) in [6.45, 7) is 2.18. The molecule has 0 bridgehead atoms. The summed E-state index contributed by atoms with van der Waals surface area (Å²) in [5.74, 6) is 0.839. The standard InChI is InChI=1S/C15H18O2S/c1-15(11-16,10-12-6-5-9-18-12)13-7-3-4-8-14(13)17-2/h3-9,16H,10-11H2,1-2H3. The van der Waals surface area contributed by atoms with Crippen molar-refractivity contribution in [2.45, 2.75) is 18.8 Å². The molecular formula is C15H18O2S. The second-order valence-electron chi connectivity index (χ2n) is 4.68. The first kappa shape index (κ1) is 13.1. The summed E-state index contributed by atoms with van der Waals surface area (Å²) in [5, 5.41) is 11.9. The van der Waals surface area contributed by atoms with E-state index >= 15 is 0 Å². The van der Waals surface area contributed by atoms with Gasteiger partial charge in [0, 0.05) is 15.9 Å². The molecule has 0 fully saturated rings. The maximum atomic E-state index is 9.81. The maximum Gasteiger partial charge on any atom is 0.122 e. The summed E-state index contributed by atoms with van der Waals surface area (Å²) < 4.78 is 5.40. The Kier molecular flexibility index (Phi) is 4.04. The molecule has 1 heterocycles. The Balaban J connectivity index is 2.36. The molecule has 96 valence electrons. The van der Waals surface area contributed by atoms with E-state index in [0.717, 1.165) is 17.7 Å². The molecule has 0 aliphatic carbocycles. The zero-order valence-electron chi connectivity index (χ0n) is 10.7. The average molecular weight is 262 g/mol. The highest BCUT2D eigenvalue weighted by Crippen LogP contribution is 2.35. The zero-order chi connectivity index (χ0) is 13.0. The molecular weight excluding hydrogens is 244 g/mol. The Morgan fingerprint density at radius 3 is 2.61 bits per heavy atom. The molecule has 0 aliphatic rings. The van der Waals surface area contributed by atoms with Crippen molar-refractivity contribution in [2.75, 3.05) is 13.7 Å². The monoisotopic (exact) mass is 262 g/mol. The van der Waals surface area contributed by atoms with Crippen LogP contribution in [0.25, 0.3) is 0 Å². The molecule has 1 N–H and O–H groups in total. The molecule has 2 rings (SSSR count). The number of thiophene rings is 1. The number of ether oxygens (including phenoxy) is 1. The molecule has 2 nitrogen and oxygen atoms in total. The summed E-state index contributed by atoms with van der Waals surface area (Å²) >= 11 is 1.72. The van der Waals surface area contributed by atoms with Crippen molar-refractivity contribution >= 4 is 11.3 Å². The number of rotatable bonds is 5. The molecule has 2 aromatic rings. The number of methoxy groups -OCH3 is 1. The van der Waals surface area contributed by atoms with E-state index in [9.17, 15) is 5.11 Å². The van der Waals surface area contributed by atoms with Gasteiger partial charge in [-0.3, -0.25) is 0 Å². The fourth-order valence-corrected chi connectivity index (χ4v) is 3.07. The van der Waals surface area contributed by atoms with Crippen LogP contribution in [0.3, 0.4) is 0 Å². The lowest BCUT2D eigenvalue weighted by Crippen LogP contribution is -2.29. The van der Waals surface area contributed by atoms with Gasteiger partial charge in [-0.05, 0) is 23.9 Å². The van der Waals surface area contributed by atoms with Gasteiger partial charge < -0.3 is 9.84 Å². The number of aliphatic hydroxyl groups is 1. The van der Waals surface area contributed by atoms with Crippen LogP contribution in [0.1, 0.15) is 17.4 Å². The highest BCUT2D eigenvalue weighted by molar-refractivity contribution is 7.09. The minimum atomic E-state index is -0.308. The third-order valence-electron chi connectivity index (χ3n) is 3.25.